The fourth-order valence-electron chi connectivity index (χ4n) is 4.37. The predicted molar refractivity (Wildman–Crippen MR) is 134 cm³/mol. The molecule has 0 fully saturated rings. The molecule has 1 unspecified atom stereocenters. The zero-order valence-corrected chi connectivity index (χ0v) is 20.6. The first-order valence-corrected chi connectivity index (χ1v) is 12.9. The van der Waals surface area contributed by atoms with Gasteiger partial charge in [-0.25, -0.2) is 0 Å². The maximum absolute atomic E-state index is 12.8. The first-order chi connectivity index (χ1) is 16.4. The number of carbonyl (C=O) groups is 1. The lowest BCUT2D eigenvalue weighted by atomic mass is 9.99. The molecule has 178 valence electrons. The number of rotatable bonds is 8. The highest BCUT2D eigenvalue weighted by molar-refractivity contribution is 7.85. The maximum Gasteiger partial charge on any atom is 0.253 e. The van der Waals surface area contributed by atoms with Crippen LogP contribution < -0.4 is 11.1 Å². The Balaban J connectivity index is 1.44. The van der Waals surface area contributed by atoms with E-state index in [1.807, 2.05) is 25.1 Å². The SMILES string of the molecule is CCS(=O)c1ccc(CNC(=O)c2cnc3c(c2)CN(Cc2ccc(N)cc2)[C@H]3C(C)C)nc1. The Hall–Kier alpha value is -3.10. The van der Waals surface area contributed by atoms with Gasteiger partial charge in [0.2, 0.25) is 0 Å². The number of hydrogen-bond donors (Lipinski definition) is 2. The van der Waals surface area contributed by atoms with Gasteiger partial charge >= 0.3 is 0 Å². The Labute approximate surface area is 203 Å². The molecule has 1 aliphatic rings. The highest BCUT2D eigenvalue weighted by Gasteiger charge is 2.34. The van der Waals surface area contributed by atoms with Crippen molar-refractivity contribution in [2.45, 2.75) is 51.3 Å². The Kier molecular flexibility index (Phi) is 7.38. The van der Waals surface area contributed by atoms with Crippen molar-refractivity contribution in [2.75, 3.05) is 11.5 Å². The Bertz CT molecular complexity index is 1180. The number of carbonyl (C=O) groups excluding carboxylic acids is 1. The summed E-state index contributed by atoms with van der Waals surface area (Å²) in [6.07, 6.45) is 3.27. The molecule has 1 aromatic carbocycles. The number of benzene rings is 1. The van der Waals surface area contributed by atoms with E-state index in [1.54, 1.807) is 24.5 Å². The third kappa shape index (κ3) is 5.34. The van der Waals surface area contributed by atoms with Gasteiger partial charge < -0.3 is 11.1 Å². The molecule has 0 saturated heterocycles. The Morgan fingerprint density at radius 2 is 1.94 bits per heavy atom. The molecule has 8 heteroatoms. The van der Waals surface area contributed by atoms with Gasteiger partial charge in [-0.05, 0) is 47.4 Å². The molecule has 0 spiro atoms. The molecule has 34 heavy (non-hydrogen) atoms. The third-order valence-corrected chi connectivity index (χ3v) is 7.35. The monoisotopic (exact) mass is 477 g/mol. The third-order valence-electron chi connectivity index (χ3n) is 6.06. The number of hydrogen-bond acceptors (Lipinski definition) is 6. The summed E-state index contributed by atoms with van der Waals surface area (Å²) in [7, 11) is -1.03. The van der Waals surface area contributed by atoms with E-state index < -0.39 is 10.8 Å². The number of nitrogens with two attached hydrogens (primary N) is 1. The minimum atomic E-state index is -1.03. The Morgan fingerprint density at radius 3 is 2.59 bits per heavy atom. The summed E-state index contributed by atoms with van der Waals surface area (Å²) in [5, 5.41) is 2.92. The van der Waals surface area contributed by atoms with Gasteiger partial charge in [-0.15, -0.1) is 0 Å². The van der Waals surface area contributed by atoms with E-state index >= 15 is 0 Å². The van der Waals surface area contributed by atoms with Gasteiger partial charge in [-0.2, -0.15) is 0 Å². The summed E-state index contributed by atoms with van der Waals surface area (Å²) < 4.78 is 11.9. The fourth-order valence-corrected chi connectivity index (χ4v) is 5.09. The number of fused-ring (bicyclic) bond motifs is 1. The molecule has 0 aliphatic carbocycles. The number of nitrogens with one attached hydrogen (secondary N) is 1. The van der Waals surface area contributed by atoms with E-state index in [2.05, 4.69) is 41.2 Å². The minimum Gasteiger partial charge on any atom is -0.399 e. The largest absolute Gasteiger partial charge is 0.399 e. The summed E-state index contributed by atoms with van der Waals surface area (Å²) in [5.74, 6) is 0.757. The second-order valence-corrected chi connectivity index (χ2v) is 10.6. The van der Waals surface area contributed by atoms with E-state index in [9.17, 15) is 9.00 Å². The van der Waals surface area contributed by atoms with Gasteiger partial charge in [0.1, 0.15) is 0 Å². The van der Waals surface area contributed by atoms with Gasteiger partial charge in [0, 0.05) is 36.9 Å². The first kappa shape index (κ1) is 24.0. The minimum absolute atomic E-state index is 0.184. The molecule has 0 saturated carbocycles. The number of amides is 1. The van der Waals surface area contributed by atoms with Crippen molar-refractivity contribution >= 4 is 22.4 Å². The summed E-state index contributed by atoms with van der Waals surface area (Å²) >= 11 is 0. The number of nitrogen functional groups attached to an aromatic ring is 1. The average Bonchev–Trinajstić information content (AvgIpc) is 3.21. The lowest BCUT2D eigenvalue weighted by molar-refractivity contribution is 0.0950. The van der Waals surface area contributed by atoms with Crippen LogP contribution in [0.1, 0.15) is 59.7 Å². The van der Waals surface area contributed by atoms with Crippen molar-refractivity contribution in [3.63, 3.8) is 0 Å². The maximum atomic E-state index is 12.8. The summed E-state index contributed by atoms with van der Waals surface area (Å²) in [6.45, 7) is 8.11. The molecule has 7 nitrogen and oxygen atoms in total. The molecule has 3 aromatic rings. The quantitative estimate of drug-likeness (QED) is 0.478. The van der Waals surface area contributed by atoms with Crippen LogP contribution in [0.15, 0.2) is 59.8 Å². The average molecular weight is 478 g/mol. The zero-order valence-electron chi connectivity index (χ0n) is 19.8. The van der Waals surface area contributed by atoms with E-state index in [-0.39, 0.29) is 11.9 Å². The summed E-state index contributed by atoms with van der Waals surface area (Å²) in [5.41, 5.74) is 11.2. The van der Waals surface area contributed by atoms with Crippen LogP contribution in [0.4, 0.5) is 5.69 Å². The van der Waals surface area contributed by atoms with Crippen LogP contribution in [-0.2, 0) is 30.4 Å². The van der Waals surface area contributed by atoms with E-state index in [4.69, 9.17) is 10.7 Å². The standard InChI is InChI=1S/C26H31N5O2S/c1-4-34(33)23-10-9-22(28-14-23)13-30-26(32)19-11-20-16-31(15-18-5-7-21(27)8-6-18)25(17(2)3)24(20)29-12-19/h5-12,14,17,25H,4,13,15-16,27H2,1-3H3,(H,30,32)/t25-,34?/m0/s1. The van der Waals surface area contributed by atoms with Crippen molar-refractivity contribution < 1.29 is 9.00 Å². The molecule has 0 bridgehead atoms. The molecule has 3 heterocycles. The fraction of sp³-hybridized carbons (Fsp3) is 0.346. The molecule has 3 N–H and O–H groups in total. The molecular formula is C26H31N5O2S. The number of aromatic nitrogens is 2. The lowest BCUT2D eigenvalue weighted by Gasteiger charge is -2.27. The van der Waals surface area contributed by atoms with Gasteiger partial charge in [0.25, 0.3) is 5.91 Å². The zero-order chi connectivity index (χ0) is 24.2. The van der Waals surface area contributed by atoms with Gasteiger partial charge in [0.15, 0.2) is 0 Å². The normalized spacial score (nSPS) is 16.4. The highest BCUT2D eigenvalue weighted by atomic mass is 32.2. The van der Waals surface area contributed by atoms with E-state index in [1.165, 1.54) is 5.56 Å². The molecule has 2 aromatic heterocycles. The summed E-state index contributed by atoms with van der Waals surface area (Å²) in [4.78, 5) is 24.9. The van der Waals surface area contributed by atoms with Crippen molar-refractivity contribution in [2.24, 2.45) is 5.92 Å². The predicted octanol–water partition coefficient (Wildman–Crippen LogP) is 3.83. The van der Waals surface area contributed by atoms with Crippen molar-refractivity contribution in [1.29, 1.82) is 0 Å². The van der Waals surface area contributed by atoms with Crippen molar-refractivity contribution in [1.82, 2.24) is 20.2 Å². The molecule has 1 aliphatic heterocycles. The van der Waals surface area contributed by atoms with Crippen LogP contribution >= 0.6 is 0 Å². The van der Waals surface area contributed by atoms with Crippen LogP contribution in [0.2, 0.25) is 0 Å². The van der Waals surface area contributed by atoms with E-state index in [0.717, 1.165) is 30.0 Å². The van der Waals surface area contributed by atoms with Crippen LogP contribution in [0, 0.1) is 5.92 Å². The van der Waals surface area contributed by atoms with Crippen LogP contribution in [0.3, 0.4) is 0 Å². The first-order valence-electron chi connectivity index (χ1n) is 11.5. The Morgan fingerprint density at radius 1 is 1.18 bits per heavy atom. The molecule has 4 rings (SSSR count). The van der Waals surface area contributed by atoms with Gasteiger partial charge in [-0.1, -0.05) is 32.9 Å². The van der Waals surface area contributed by atoms with Crippen molar-refractivity contribution in [3.05, 3.63) is 82.9 Å². The molecular weight excluding hydrogens is 446 g/mol. The number of nitrogens with zero attached hydrogens (tertiary/aromatic N) is 3. The second kappa shape index (κ2) is 10.4. The molecule has 1 amide bonds. The van der Waals surface area contributed by atoms with E-state index in [0.29, 0.717) is 34.4 Å². The molecule has 0 radical (unpaired) electrons. The molecule has 2 atom stereocenters. The number of anilines is 1. The lowest BCUT2D eigenvalue weighted by Crippen LogP contribution is -2.25. The van der Waals surface area contributed by atoms with Crippen LogP contribution in [0.5, 0.6) is 0 Å². The second-order valence-electron chi connectivity index (χ2n) is 8.91. The highest BCUT2D eigenvalue weighted by Crippen LogP contribution is 2.38. The summed E-state index contributed by atoms with van der Waals surface area (Å²) in [6, 6.07) is 13.7. The van der Waals surface area contributed by atoms with Gasteiger partial charge in [0.05, 0.1) is 45.2 Å². The topological polar surface area (TPSA) is 101 Å². The van der Waals surface area contributed by atoms with Crippen LogP contribution in [0.25, 0.3) is 0 Å². The van der Waals surface area contributed by atoms with Crippen LogP contribution in [-0.4, -0.2) is 30.7 Å². The number of pyridine rings is 2. The smallest absolute Gasteiger partial charge is 0.253 e. The van der Waals surface area contributed by atoms with Gasteiger partial charge in [-0.3, -0.25) is 23.9 Å². The van der Waals surface area contributed by atoms with Crippen molar-refractivity contribution in [3.8, 4) is 0 Å².